The number of hydrogen-bond donors (Lipinski definition) is 1. The predicted octanol–water partition coefficient (Wildman–Crippen LogP) is 3.67. The SMILES string of the molecule is CCNCc1ccc(-c2nc3ccccc3s2)o1. The quantitative estimate of drug-likeness (QED) is 0.776. The van der Waals surface area contributed by atoms with Gasteiger partial charge in [0.05, 0.1) is 16.8 Å². The molecule has 18 heavy (non-hydrogen) atoms. The molecular formula is C14H14N2OS. The molecular weight excluding hydrogens is 244 g/mol. The number of fused-ring (bicyclic) bond motifs is 1. The van der Waals surface area contributed by atoms with Gasteiger partial charge in [-0.25, -0.2) is 4.98 Å². The molecule has 0 aliphatic carbocycles. The molecule has 2 aromatic heterocycles. The monoisotopic (exact) mass is 258 g/mol. The van der Waals surface area contributed by atoms with Gasteiger partial charge >= 0.3 is 0 Å². The predicted molar refractivity (Wildman–Crippen MR) is 74.7 cm³/mol. The van der Waals surface area contributed by atoms with Crippen molar-refractivity contribution in [2.24, 2.45) is 0 Å². The molecule has 2 heterocycles. The molecule has 92 valence electrons. The number of para-hydroxylation sites is 1. The summed E-state index contributed by atoms with van der Waals surface area (Å²) in [4.78, 5) is 4.58. The molecule has 4 heteroatoms. The Bertz CT molecular complexity index is 623. The molecule has 3 nitrogen and oxygen atoms in total. The van der Waals surface area contributed by atoms with E-state index in [4.69, 9.17) is 4.42 Å². The maximum absolute atomic E-state index is 5.79. The van der Waals surface area contributed by atoms with Crippen molar-refractivity contribution < 1.29 is 4.42 Å². The highest BCUT2D eigenvalue weighted by Gasteiger charge is 2.09. The minimum absolute atomic E-state index is 0.765. The first kappa shape index (κ1) is 11.4. The van der Waals surface area contributed by atoms with Crippen molar-refractivity contribution in [3.63, 3.8) is 0 Å². The third kappa shape index (κ3) is 2.17. The molecule has 1 N–H and O–H groups in total. The Morgan fingerprint density at radius 3 is 2.94 bits per heavy atom. The molecule has 0 amide bonds. The van der Waals surface area contributed by atoms with Gasteiger partial charge in [-0.2, -0.15) is 0 Å². The van der Waals surface area contributed by atoms with Gasteiger partial charge in [0, 0.05) is 0 Å². The standard InChI is InChI=1S/C14H14N2OS/c1-2-15-9-10-7-8-12(17-10)14-16-11-5-3-4-6-13(11)18-14/h3-8,15H,2,9H2,1H3. The van der Waals surface area contributed by atoms with Crippen molar-refractivity contribution in [1.82, 2.24) is 10.3 Å². The number of thiazole rings is 1. The van der Waals surface area contributed by atoms with Crippen LogP contribution < -0.4 is 5.32 Å². The summed E-state index contributed by atoms with van der Waals surface area (Å²) < 4.78 is 6.98. The fourth-order valence-corrected chi connectivity index (χ4v) is 2.74. The second-order valence-electron chi connectivity index (χ2n) is 4.03. The van der Waals surface area contributed by atoms with E-state index in [0.29, 0.717) is 0 Å². The van der Waals surface area contributed by atoms with Crippen LogP contribution in [0.2, 0.25) is 0 Å². The Hall–Kier alpha value is -1.65. The van der Waals surface area contributed by atoms with Crippen LogP contribution in [0.3, 0.4) is 0 Å². The topological polar surface area (TPSA) is 38.1 Å². The van der Waals surface area contributed by atoms with E-state index in [9.17, 15) is 0 Å². The van der Waals surface area contributed by atoms with E-state index in [1.54, 1.807) is 11.3 Å². The van der Waals surface area contributed by atoms with Crippen LogP contribution in [0.1, 0.15) is 12.7 Å². The van der Waals surface area contributed by atoms with E-state index in [-0.39, 0.29) is 0 Å². The van der Waals surface area contributed by atoms with Crippen LogP contribution in [0.4, 0.5) is 0 Å². The summed E-state index contributed by atoms with van der Waals surface area (Å²) in [6, 6.07) is 12.1. The summed E-state index contributed by atoms with van der Waals surface area (Å²) in [6.45, 7) is 3.79. The molecule has 0 saturated carbocycles. The highest BCUT2D eigenvalue weighted by Crippen LogP contribution is 2.30. The van der Waals surface area contributed by atoms with Crippen molar-refractivity contribution in [3.05, 3.63) is 42.2 Å². The first-order chi connectivity index (χ1) is 8.86. The van der Waals surface area contributed by atoms with E-state index < -0.39 is 0 Å². The Labute approximate surface area is 109 Å². The van der Waals surface area contributed by atoms with Crippen LogP contribution in [0.5, 0.6) is 0 Å². The summed E-state index contributed by atoms with van der Waals surface area (Å²) in [5.41, 5.74) is 1.03. The molecule has 0 unspecified atom stereocenters. The van der Waals surface area contributed by atoms with E-state index in [0.717, 1.165) is 35.1 Å². The van der Waals surface area contributed by atoms with Crippen molar-refractivity contribution in [2.45, 2.75) is 13.5 Å². The molecule has 0 radical (unpaired) electrons. The Kier molecular flexibility index (Phi) is 3.13. The van der Waals surface area contributed by atoms with Gasteiger partial charge in [0.2, 0.25) is 0 Å². The zero-order valence-corrected chi connectivity index (χ0v) is 11.0. The van der Waals surface area contributed by atoms with Gasteiger partial charge in [-0.1, -0.05) is 19.1 Å². The van der Waals surface area contributed by atoms with Crippen LogP contribution in [-0.4, -0.2) is 11.5 Å². The number of furan rings is 1. The maximum atomic E-state index is 5.79. The van der Waals surface area contributed by atoms with Gasteiger partial charge < -0.3 is 9.73 Å². The minimum atomic E-state index is 0.765. The summed E-state index contributed by atoms with van der Waals surface area (Å²) in [5, 5.41) is 4.19. The van der Waals surface area contributed by atoms with Gasteiger partial charge in [-0.3, -0.25) is 0 Å². The van der Waals surface area contributed by atoms with Crippen molar-refractivity contribution >= 4 is 21.6 Å². The van der Waals surface area contributed by atoms with Crippen LogP contribution in [-0.2, 0) is 6.54 Å². The molecule has 0 atom stereocenters. The van der Waals surface area contributed by atoms with Crippen LogP contribution in [0.25, 0.3) is 21.0 Å². The summed E-state index contributed by atoms with van der Waals surface area (Å²) in [5.74, 6) is 1.80. The zero-order chi connectivity index (χ0) is 12.4. The summed E-state index contributed by atoms with van der Waals surface area (Å²) in [7, 11) is 0. The van der Waals surface area contributed by atoms with Gasteiger partial charge in [0.15, 0.2) is 10.8 Å². The molecule has 0 bridgehead atoms. The lowest BCUT2D eigenvalue weighted by molar-refractivity contribution is 0.498. The zero-order valence-electron chi connectivity index (χ0n) is 10.1. The molecule has 0 aliphatic rings. The fourth-order valence-electron chi connectivity index (χ4n) is 1.81. The van der Waals surface area contributed by atoms with Gasteiger partial charge in [-0.15, -0.1) is 11.3 Å². The summed E-state index contributed by atoms with van der Waals surface area (Å²) >= 11 is 1.66. The van der Waals surface area contributed by atoms with Crippen molar-refractivity contribution in [1.29, 1.82) is 0 Å². The average molecular weight is 258 g/mol. The highest BCUT2D eigenvalue weighted by atomic mass is 32.1. The van der Waals surface area contributed by atoms with Crippen LogP contribution in [0.15, 0.2) is 40.8 Å². The largest absolute Gasteiger partial charge is 0.457 e. The third-order valence-electron chi connectivity index (χ3n) is 2.72. The molecule has 3 aromatic rings. The van der Waals surface area contributed by atoms with E-state index in [2.05, 4.69) is 23.3 Å². The van der Waals surface area contributed by atoms with E-state index in [1.165, 1.54) is 4.70 Å². The van der Waals surface area contributed by atoms with E-state index >= 15 is 0 Å². The number of benzene rings is 1. The Balaban J connectivity index is 1.91. The van der Waals surface area contributed by atoms with Crippen LogP contribution in [0, 0.1) is 0 Å². The molecule has 0 aliphatic heterocycles. The van der Waals surface area contributed by atoms with Crippen LogP contribution >= 0.6 is 11.3 Å². The number of nitrogens with one attached hydrogen (secondary N) is 1. The van der Waals surface area contributed by atoms with Gasteiger partial charge in [0.25, 0.3) is 0 Å². The Morgan fingerprint density at radius 2 is 2.11 bits per heavy atom. The fraction of sp³-hybridized carbons (Fsp3) is 0.214. The Morgan fingerprint density at radius 1 is 1.22 bits per heavy atom. The van der Waals surface area contributed by atoms with Crippen molar-refractivity contribution in [2.75, 3.05) is 6.54 Å². The third-order valence-corrected chi connectivity index (χ3v) is 3.77. The number of hydrogen-bond acceptors (Lipinski definition) is 4. The second kappa shape index (κ2) is 4.92. The number of aromatic nitrogens is 1. The number of nitrogens with zero attached hydrogens (tertiary/aromatic N) is 1. The maximum Gasteiger partial charge on any atom is 0.163 e. The normalized spacial score (nSPS) is 11.2. The lowest BCUT2D eigenvalue weighted by atomic mass is 10.3. The number of rotatable bonds is 4. The highest BCUT2D eigenvalue weighted by molar-refractivity contribution is 7.21. The van der Waals surface area contributed by atoms with Gasteiger partial charge in [-0.05, 0) is 30.8 Å². The molecule has 1 aromatic carbocycles. The first-order valence-electron chi connectivity index (χ1n) is 6.02. The average Bonchev–Trinajstić information content (AvgIpc) is 3.02. The molecule has 0 saturated heterocycles. The minimum Gasteiger partial charge on any atom is -0.457 e. The van der Waals surface area contributed by atoms with Crippen molar-refractivity contribution in [3.8, 4) is 10.8 Å². The van der Waals surface area contributed by atoms with Gasteiger partial charge in [0.1, 0.15) is 5.76 Å². The summed E-state index contributed by atoms with van der Waals surface area (Å²) in [6.07, 6.45) is 0. The molecule has 0 fully saturated rings. The smallest absolute Gasteiger partial charge is 0.163 e. The first-order valence-corrected chi connectivity index (χ1v) is 6.84. The lowest BCUT2D eigenvalue weighted by Crippen LogP contribution is -2.10. The van der Waals surface area contributed by atoms with E-state index in [1.807, 2.05) is 30.3 Å². The second-order valence-corrected chi connectivity index (χ2v) is 5.06. The molecule has 0 spiro atoms. The molecule has 3 rings (SSSR count). The lowest BCUT2D eigenvalue weighted by Gasteiger charge is -1.96.